The molecule has 0 saturated carbocycles. The van der Waals surface area contributed by atoms with Crippen LogP contribution < -0.4 is 0 Å². The van der Waals surface area contributed by atoms with Crippen molar-refractivity contribution in [3.8, 4) is 17.3 Å². The molecule has 5 nitrogen and oxygen atoms in total. The summed E-state index contributed by atoms with van der Waals surface area (Å²) in [6, 6.07) is 8.72. The number of aryl methyl sites for hydroxylation is 1. The first-order valence-electron chi connectivity index (χ1n) is 4.89. The van der Waals surface area contributed by atoms with E-state index >= 15 is 0 Å². The summed E-state index contributed by atoms with van der Waals surface area (Å²) in [4.78, 5) is 11.0. The lowest BCUT2D eigenvalue weighted by Crippen LogP contribution is -1.96. The first kappa shape index (κ1) is 10.9. The van der Waals surface area contributed by atoms with Gasteiger partial charge in [-0.25, -0.2) is 4.79 Å². The standard InChI is InChI=1S/C12H9N3O2/c1-15-7-10(12(16)17)11(14-15)9-4-2-3-8(5-9)6-13/h2-5,7H,1H3,(H,16,17). The van der Waals surface area contributed by atoms with Crippen molar-refractivity contribution < 1.29 is 9.90 Å². The molecule has 0 atom stereocenters. The number of aromatic carboxylic acids is 1. The van der Waals surface area contributed by atoms with Crippen LogP contribution >= 0.6 is 0 Å². The normalized spacial score (nSPS) is 9.88. The molecule has 0 saturated heterocycles. The fourth-order valence-corrected chi connectivity index (χ4v) is 1.59. The van der Waals surface area contributed by atoms with Crippen molar-refractivity contribution in [2.45, 2.75) is 0 Å². The fraction of sp³-hybridized carbons (Fsp3) is 0.0833. The van der Waals surface area contributed by atoms with Crippen molar-refractivity contribution in [2.24, 2.45) is 7.05 Å². The number of nitrogens with zero attached hydrogens (tertiary/aromatic N) is 3. The van der Waals surface area contributed by atoms with Gasteiger partial charge in [-0.15, -0.1) is 0 Å². The Morgan fingerprint density at radius 1 is 1.53 bits per heavy atom. The van der Waals surface area contributed by atoms with Crippen LogP contribution in [0.3, 0.4) is 0 Å². The van der Waals surface area contributed by atoms with Gasteiger partial charge >= 0.3 is 5.97 Å². The number of carbonyl (C=O) groups is 1. The maximum Gasteiger partial charge on any atom is 0.339 e. The average molecular weight is 227 g/mol. The van der Waals surface area contributed by atoms with Crippen LogP contribution in [-0.2, 0) is 7.05 Å². The SMILES string of the molecule is Cn1cc(C(=O)O)c(-c2cccc(C#N)c2)n1. The zero-order valence-electron chi connectivity index (χ0n) is 9.08. The second-order valence-electron chi connectivity index (χ2n) is 3.56. The lowest BCUT2D eigenvalue weighted by molar-refractivity contribution is 0.0697. The third kappa shape index (κ3) is 2.01. The molecular weight excluding hydrogens is 218 g/mol. The van der Waals surface area contributed by atoms with E-state index in [1.54, 1.807) is 31.3 Å². The third-order valence-electron chi connectivity index (χ3n) is 2.32. The van der Waals surface area contributed by atoms with E-state index in [0.29, 0.717) is 16.8 Å². The van der Waals surface area contributed by atoms with Crippen LogP contribution in [0.25, 0.3) is 11.3 Å². The summed E-state index contributed by atoms with van der Waals surface area (Å²) in [6.07, 6.45) is 1.44. The molecule has 2 rings (SSSR count). The largest absolute Gasteiger partial charge is 0.478 e. The van der Waals surface area contributed by atoms with Gasteiger partial charge in [-0.3, -0.25) is 4.68 Å². The van der Waals surface area contributed by atoms with E-state index in [1.165, 1.54) is 10.9 Å². The van der Waals surface area contributed by atoms with Crippen LogP contribution in [-0.4, -0.2) is 20.9 Å². The van der Waals surface area contributed by atoms with Crippen LogP contribution in [0.5, 0.6) is 0 Å². The summed E-state index contributed by atoms with van der Waals surface area (Å²) in [5.74, 6) is -1.03. The van der Waals surface area contributed by atoms with Gasteiger partial charge < -0.3 is 5.11 Å². The zero-order valence-corrected chi connectivity index (χ0v) is 9.08. The molecule has 0 spiro atoms. The number of carboxylic acid groups (broad SMARTS) is 1. The van der Waals surface area contributed by atoms with Crippen molar-refractivity contribution in [2.75, 3.05) is 0 Å². The van der Waals surface area contributed by atoms with Crippen LogP contribution in [0.4, 0.5) is 0 Å². The highest BCUT2D eigenvalue weighted by Crippen LogP contribution is 2.22. The minimum Gasteiger partial charge on any atom is -0.478 e. The molecule has 2 aromatic rings. The second-order valence-corrected chi connectivity index (χ2v) is 3.56. The van der Waals surface area contributed by atoms with E-state index in [0.717, 1.165) is 0 Å². The van der Waals surface area contributed by atoms with E-state index in [2.05, 4.69) is 5.10 Å². The molecule has 0 amide bonds. The Balaban J connectivity index is 2.60. The summed E-state index contributed by atoms with van der Waals surface area (Å²) >= 11 is 0. The molecule has 0 fully saturated rings. The Morgan fingerprint density at radius 2 is 2.29 bits per heavy atom. The van der Waals surface area contributed by atoms with Gasteiger partial charge in [0.25, 0.3) is 0 Å². The van der Waals surface area contributed by atoms with Crippen molar-refractivity contribution in [3.05, 3.63) is 41.6 Å². The van der Waals surface area contributed by atoms with Gasteiger partial charge in [0.05, 0.1) is 11.6 Å². The van der Waals surface area contributed by atoms with Crippen LogP contribution in [0, 0.1) is 11.3 Å². The molecule has 0 aliphatic rings. The van der Waals surface area contributed by atoms with Crippen LogP contribution in [0.2, 0.25) is 0 Å². The smallest absolute Gasteiger partial charge is 0.339 e. The zero-order chi connectivity index (χ0) is 12.4. The second kappa shape index (κ2) is 4.10. The monoisotopic (exact) mass is 227 g/mol. The van der Waals surface area contributed by atoms with Gasteiger partial charge in [0.2, 0.25) is 0 Å². The van der Waals surface area contributed by atoms with Gasteiger partial charge in [-0.1, -0.05) is 12.1 Å². The molecule has 84 valence electrons. The molecule has 0 unspecified atom stereocenters. The molecule has 0 bridgehead atoms. The van der Waals surface area contributed by atoms with E-state index in [1.807, 2.05) is 6.07 Å². The predicted molar refractivity (Wildman–Crippen MR) is 60.3 cm³/mol. The number of hydrogen-bond donors (Lipinski definition) is 1. The van der Waals surface area contributed by atoms with Crippen molar-refractivity contribution in [1.29, 1.82) is 5.26 Å². The number of benzene rings is 1. The summed E-state index contributed by atoms with van der Waals surface area (Å²) < 4.78 is 1.44. The minimum absolute atomic E-state index is 0.127. The highest BCUT2D eigenvalue weighted by molar-refractivity contribution is 5.94. The van der Waals surface area contributed by atoms with Crippen LogP contribution in [0.15, 0.2) is 30.5 Å². The molecule has 0 aliphatic heterocycles. The van der Waals surface area contributed by atoms with Crippen molar-refractivity contribution >= 4 is 5.97 Å². The summed E-state index contributed by atoms with van der Waals surface area (Å²) in [6.45, 7) is 0. The third-order valence-corrected chi connectivity index (χ3v) is 2.32. The van der Waals surface area contributed by atoms with Gasteiger partial charge in [-0.2, -0.15) is 10.4 Å². The maximum absolute atomic E-state index is 11.0. The van der Waals surface area contributed by atoms with Gasteiger partial charge in [0.1, 0.15) is 11.3 Å². The summed E-state index contributed by atoms with van der Waals surface area (Å²) in [7, 11) is 1.66. The maximum atomic E-state index is 11.0. The molecule has 0 aliphatic carbocycles. The van der Waals surface area contributed by atoms with E-state index in [4.69, 9.17) is 10.4 Å². The molecule has 0 radical (unpaired) electrons. The molecule has 1 aromatic carbocycles. The predicted octanol–water partition coefficient (Wildman–Crippen LogP) is 1.66. The number of aromatic nitrogens is 2. The Kier molecular flexibility index (Phi) is 2.63. The van der Waals surface area contributed by atoms with Crippen molar-refractivity contribution in [3.63, 3.8) is 0 Å². The number of nitriles is 1. The molecular formula is C12H9N3O2. The first-order valence-corrected chi connectivity index (χ1v) is 4.89. The van der Waals surface area contributed by atoms with Gasteiger partial charge in [0.15, 0.2) is 0 Å². The Morgan fingerprint density at radius 3 is 2.94 bits per heavy atom. The highest BCUT2D eigenvalue weighted by atomic mass is 16.4. The average Bonchev–Trinajstić information content (AvgIpc) is 2.72. The van der Waals surface area contributed by atoms with Gasteiger partial charge in [-0.05, 0) is 12.1 Å². The van der Waals surface area contributed by atoms with E-state index < -0.39 is 5.97 Å². The lowest BCUT2D eigenvalue weighted by atomic mass is 10.1. The fourth-order valence-electron chi connectivity index (χ4n) is 1.59. The van der Waals surface area contributed by atoms with Crippen LogP contribution in [0.1, 0.15) is 15.9 Å². The molecule has 5 heteroatoms. The summed E-state index contributed by atoms with van der Waals surface area (Å²) in [5.41, 5.74) is 1.60. The topological polar surface area (TPSA) is 78.9 Å². The summed E-state index contributed by atoms with van der Waals surface area (Å²) in [5, 5.41) is 22.0. The van der Waals surface area contributed by atoms with Gasteiger partial charge in [0, 0.05) is 18.8 Å². The van der Waals surface area contributed by atoms with E-state index in [9.17, 15) is 4.79 Å². The highest BCUT2D eigenvalue weighted by Gasteiger charge is 2.16. The first-order chi connectivity index (χ1) is 8.11. The number of carboxylic acids is 1. The number of rotatable bonds is 2. The molecule has 1 aromatic heterocycles. The van der Waals surface area contributed by atoms with E-state index in [-0.39, 0.29) is 5.56 Å². The molecule has 17 heavy (non-hydrogen) atoms. The lowest BCUT2D eigenvalue weighted by Gasteiger charge is -1.99. The molecule has 1 N–H and O–H groups in total. The van der Waals surface area contributed by atoms with Crippen molar-refractivity contribution in [1.82, 2.24) is 9.78 Å². The Labute approximate surface area is 97.5 Å². The minimum atomic E-state index is -1.03. The molecule has 1 heterocycles. The Hall–Kier alpha value is -2.61. The number of hydrogen-bond acceptors (Lipinski definition) is 3. The quantitative estimate of drug-likeness (QED) is 0.846. The Bertz CT molecular complexity index is 623.